The van der Waals surface area contributed by atoms with Crippen LogP contribution < -0.4 is 0 Å². The number of hydrogen-bond donors (Lipinski definition) is 0. The summed E-state index contributed by atoms with van der Waals surface area (Å²) in [6.07, 6.45) is 9.58. The molecule has 1 heteroatoms. The number of unbranched alkanes of at least 4 members (excludes halogenated alkanes) is 1. The van der Waals surface area contributed by atoms with Gasteiger partial charge in [0.2, 0.25) is 0 Å². The van der Waals surface area contributed by atoms with Crippen LogP contribution in [0.3, 0.4) is 0 Å². The molecule has 0 saturated heterocycles. The average Bonchev–Trinajstić information content (AvgIpc) is 2.46. The van der Waals surface area contributed by atoms with Crippen LogP contribution in [0, 0.1) is 18.8 Å². The van der Waals surface area contributed by atoms with E-state index in [1.807, 2.05) is 0 Å². The lowest BCUT2D eigenvalue weighted by molar-refractivity contribution is 0.254. The van der Waals surface area contributed by atoms with Crippen LogP contribution in [-0.2, 0) is 0 Å². The van der Waals surface area contributed by atoms with Crippen LogP contribution in [0.25, 0.3) is 0 Å². The Labute approximate surface area is 123 Å². The van der Waals surface area contributed by atoms with Crippen molar-refractivity contribution in [2.24, 2.45) is 11.8 Å². The van der Waals surface area contributed by atoms with E-state index in [0.29, 0.717) is 5.92 Å². The molecule has 0 nitrogen and oxygen atoms in total. The molecule has 0 radical (unpaired) electrons. The van der Waals surface area contributed by atoms with E-state index in [2.05, 4.69) is 38.1 Å². The Morgan fingerprint density at radius 3 is 2.32 bits per heavy atom. The molecule has 1 atom stereocenters. The number of hydrogen-bond acceptors (Lipinski definition) is 0. The second-order valence-electron chi connectivity index (χ2n) is 6.24. The molecule has 0 aromatic heterocycles. The van der Waals surface area contributed by atoms with E-state index in [0.717, 1.165) is 5.92 Å². The van der Waals surface area contributed by atoms with Crippen LogP contribution in [0.15, 0.2) is 24.3 Å². The average molecular weight is 279 g/mol. The number of aryl methyl sites for hydroxylation is 1. The van der Waals surface area contributed by atoms with Gasteiger partial charge in [0, 0.05) is 0 Å². The molecule has 0 spiro atoms. The molecule has 1 fully saturated rings. The summed E-state index contributed by atoms with van der Waals surface area (Å²) in [5.41, 5.74) is 2.63. The molecule has 106 valence electrons. The van der Waals surface area contributed by atoms with Crippen LogP contribution in [0.5, 0.6) is 0 Å². The molecule has 0 N–H and O–H groups in total. The first-order valence-electron chi connectivity index (χ1n) is 7.91. The van der Waals surface area contributed by atoms with Gasteiger partial charge in [-0.3, -0.25) is 0 Å². The highest BCUT2D eigenvalue weighted by Crippen LogP contribution is 2.41. The van der Waals surface area contributed by atoms with E-state index >= 15 is 0 Å². The third-order valence-corrected chi connectivity index (χ3v) is 5.28. The molecule has 2 rings (SSSR count). The predicted octanol–water partition coefficient (Wildman–Crippen LogP) is 6.27. The molecule has 1 aliphatic carbocycles. The van der Waals surface area contributed by atoms with Gasteiger partial charge in [0.15, 0.2) is 0 Å². The van der Waals surface area contributed by atoms with E-state index in [-0.39, 0.29) is 5.38 Å². The largest absolute Gasteiger partial charge is 0.118 e. The Morgan fingerprint density at radius 1 is 1.11 bits per heavy atom. The van der Waals surface area contributed by atoms with Crippen molar-refractivity contribution >= 4 is 11.6 Å². The van der Waals surface area contributed by atoms with Gasteiger partial charge < -0.3 is 0 Å². The molecule has 19 heavy (non-hydrogen) atoms. The summed E-state index contributed by atoms with van der Waals surface area (Å²) in [5, 5.41) is 0.215. The standard InChI is InChI=1S/C18H27Cl/c1-3-4-5-15-8-12-17(13-9-15)18(19)16-10-6-14(2)7-11-16/h6-7,10-11,15,17-18H,3-5,8-9,12-13H2,1-2H3. The van der Waals surface area contributed by atoms with Gasteiger partial charge in [-0.05, 0) is 37.2 Å². The smallest absolute Gasteiger partial charge is 0.0613 e. The van der Waals surface area contributed by atoms with Gasteiger partial charge in [0.1, 0.15) is 0 Å². The van der Waals surface area contributed by atoms with E-state index in [1.54, 1.807) is 0 Å². The maximum atomic E-state index is 6.69. The topological polar surface area (TPSA) is 0 Å². The highest BCUT2D eigenvalue weighted by molar-refractivity contribution is 6.21. The van der Waals surface area contributed by atoms with Crippen molar-refractivity contribution in [2.75, 3.05) is 0 Å². The van der Waals surface area contributed by atoms with Crippen molar-refractivity contribution in [3.8, 4) is 0 Å². The summed E-state index contributed by atoms with van der Waals surface area (Å²) >= 11 is 6.69. The van der Waals surface area contributed by atoms with Crippen LogP contribution in [-0.4, -0.2) is 0 Å². The summed E-state index contributed by atoms with van der Waals surface area (Å²) in [7, 11) is 0. The second kappa shape index (κ2) is 7.33. The monoisotopic (exact) mass is 278 g/mol. The zero-order chi connectivity index (χ0) is 13.7. The van der Waals surface area contributed by atoms with E-state index in [1.165, 1.54) is 56.1 Å². The second-order valence-corrected chi connectivity index (χ2v) is 6.71. The molecule has 1 saturated carbocycles. The Morgan fingerprint density at radius 2 is 1.74 bits per heavy atom. The highest BCUT2D eigenvalue weighted by Gasteiger charge is 2.26. The Kier molecular flexibility index (Phi) is 5.76. The Balaban J connectivity index is 1.85. The van der Waals surface area contributed by atoms with E-state index in [9.17, 15) is 0 Å². The zero-order valence-electron chi connectivity index (χ0n) is 12.4. The number of alkyl halides is 1. The number of rotatable bonds is 5. The number of benzene rings is 1. The predicted molar refractivity (Wildman–Crippen MR) is 84.7 cm³/mol. The van der Waals surface area contributed by atoms with Gasteiger partial charge in [-0.25, -0.2) is 0 Å². The minimum atomic E-state index is 0.215. The molecule has 0 bridgehead atoms. The summed E-state index contributed by atoms with van der Waals surface area (Å²) in [4.78, 5) is 0. The van der Waals surface area contributed by atoms with Gasteiger partial charge in [-0.15, -0.1) is 11.6 Å². The molecule has 1 aromatic rings. The van der Waals surface area contributed by atoms with Gasteiger partial charge >= 0.3 is 0 Å². The lowest BCUT2D eigenvalue weighted by Crippen LogP contribution is -2.18. The third kappa shape index (κ3) is 4.24. The van der Waals surface area contributed by atoms with Crippen LogP contribution in [0.1, 0.15) is 68.4 Å². The molecule has 0 aliphatic heterocycles. The van der Waals surface area contributed by atoms with Crippen LogP contribution in [0.2, 0.25) is 0 Å². The van der Waals surface area contributed by atoms with Gasteiger partial charge in [0.25, 0.3) is 0 Å². The highest BCUT2D eigenvalue weighted by atomic mass is 35.5. The van der Waals surface area contributed by atoms with Crippen molar-refractivity contribution in [1.29, 1.82) is 0 Å². The lowest BCUT2D eigenvalue weighted by atomic mass is 9.77. The van der Waals surface area contributed by atoms with Gasteiger partial charge in [-0.2, -0.15) is 0 Å². The molecule has 1 aliphatic rings. The SMILES string of the molecule is CCCCC1CCC(C(Cl)c2ccc(C)cc2)CC1. The van der Waals surface area contributed by atoms with Crippen molar-refractivity contribution in [1.82, 2.24) is 0 Å². The zero-order valence-corrected chi connectivity index (χ0v) is 13.1. The third-order valence-electron chi connectivity index (χ3n) is 4.67. The quantitative estimate of drug-likeness (QED) is 0.557. The van der Waals surface area contributed by atoms with Gasteiger partial charge in [-0.1, -0.05) is 68.9 Å². The first kappa shape index (κ1) is 14.9. The normalized spacial score (nSPS) is 25.2. The fraction of sp³-hybridized carbons (Fsp3) is 0.667. The van der Waals surface area contributed by atoms with Crippen molar-refractivity contribution in [3.63, 3.8) is 0 Å². The lowest BCUT2D eigenvalue weighted by Gasteiger charge is -2.31. The van der Waals surface area contributed by atoms with Gasteiger partial charge in [0.05, 0.1) is 5.38 Å². The van der Waals surface area contributed by atoms with Crippen LogP contribution >= 0.6 is 11.6 Å². The minimum absolute atomic E-state index is 0.215. The molecular weight excluding hydrogens is 252 g/mol. The molecular formula is C18H27Cl. The first-order chi connectivity index (χ1) is 9.20. The van der Waals surface area contributed by atoms with E-state index < -0.39 is 0 Å². The van der Waals surface area contributed by atoms with Crippen molar-refractivity contribution < 1.29 is 0 Å². The minimum Gasteiger partial charge on any atom is -0.118 e. The van der Waals surface area contributed by atoms with E-state index in [4.69, 9.17) is 11.6 Å². The molecule has 0 amide bonds. The fourth-order valence-corrected chi connectivity index (χ4v) is 3.68. The summed E-state index contributed by atoms with van der Waals surface area (Å²) in [6.45, 7) is 4.42. The summed E-state index contributed by atoms with van der Waals surface area (Å²) in [5.74, 6) is 1.65. The maximum Gasteiger partial charge on any atom is 0.0613 e. The van der Waals surface area contributed by atoms with Crippen molar-refractivity contribution in [3.05, 3.63) is 35.4 Å². The first-order valence-corrected chi connectivity index (χ1v) is 8.35. The molecule has 1 unspecified atom stereocenters. The fourth-order valence-electron chi connectivity index (χ4n) is 3.28. The Bertz CT molecular complexity index is 360. The maximum absolute atomic E-state index is 6.69. The van der Waals surface area contributed by atoms with Crippen LogP contribution in [0.4, 0.5) is 0 Å². The molecule has 0 heterocycles. The number of halogens is 1. The Hall–Kier alpha value is -0.490. The van der Waals surface area contributed by atoms with Crippen molar-refractivity contribution in [2.45, 2.75) is 64.2 Å². The summed E-state index contributed by atoms with van der Waals surface area (Å²) in [6, 6.07) is 8.77. The molecule has 1 aromatic carbocycles. The summed E-state index contributed by atoms with van der Waals surface area (Å²) < 4.78 is 0.